The van der Waals surface area contributed by atoms with Gasteiger partial charge in [-0.3, -0.25) is 9.45 Å². The van der Waals surface area contributed by atoms with E-state index in [1.165, 1.54) is 5.56 Å². The van der Waals surface area contributed by atoms with E-state index >= 15 is 0 Å². The molecule has 114 valence electrons. The summed E-state index contributed by atoms with van der Waals surface area (Å²) in [6, 6.07) is 10.5. The van der Waals surface area contributed by atoms with Crippen LogP contribution in [0.15, 0.2) is 30.3 Å². The molecule has 1 saturated heterocycles. The molecule has 2 rings (SSSR count). The highest BCUT2D eigenvalue weighted by Crippen LogP contribution is 2.18. The summed E-state index contributed by atoms with van der Waals surface area (Å²) >= 11 is 0. The first-order valence-corrected chi connectivity index (χ1v) is 8.47. The number of likely N-dealkylation sites (tertiary alicyclic amines) is 1. The van der Waals surface area contributed by atoms with Crippen molar-refractivity contribution in [1.29, 1.82) is 0 Å². The van der Waals surface area contributed by atoms with Crippen molar-refractivity contribution in [1.82, 2.24) is 4.90 Å². The maximum Gasteiger partial charge on any atom is 0.261 e. The normalized spacial score (nSPS) is 23.8. The van der Waals surface area contributed by atoms with Crippen molar-refractivity contribution in [3.63, 3.8) is 0 Å². The number of rotatable bonds is 2. The van der Waals surface area contributed by atoms with Crippen molar-refractivity contribution in [3.05, 3.63) is 35.9 Å². The molecule has 1 aliphatic heterocycles. The Morgan fingerprint density at radius 1 is 1.30 bits per heavy atom. The van der Waals surface area contributed by atoms with Crippen LogP contribution in [-0.4, -0.2) is 48.4 Å². The molecule has 0 saturated carbocycles. The molecule has 1 fully saturated rings. The van der Waals surface area contributed by atoms with Gasteiger partial charge in [-0.1, -0.05) is 37.3 Å². The Bertz CT molecular complexity index is 481. The van der Waals surface area contributed by atoms with E-state index in [0.717, 1.165) is 26.1 Å². The third kappa shape index (κ3) is 7.59. The first-order valence-electron chi connectivity index (χ1n) is 6.62. The Balaban J connectivity index is 0.000000347. The van der Waals surface area contributed by atoms with Crippen molar-refractivity contribution >= 4 is 10.1 Å². The maximum absolute atomic E-state index is 9.63. The summed E-state index contributed by atoms with van der Waals surface area (Å²) in [5, 5.41) is 9.63. The molecule has 0 bridgehead atoms. The topological polar surface area (TPSA) is 77.8 Å². The smallest absolute Gasteiger partial charge is 0.261 e. The van der Waals surface area contributed by atoms with Gasteiger partial charge in [0.2, 0.25) is 0 Å². The largest absolute Gasteiger partial charge is 0.393 e. The summed E-state index contributed by atoms with van der Waals surface area (Å²) in [6.45, 7) is 5.16. The van der Waals surface area contributed by atoms with E-state index < -0.39 is 10.1 Å². The highest BCUT2D eigenvalue weighted by Gasteiger charge is 2.23. The molecule has 0 amide bonds. The summed E-state index contributed by atoms with van der Waals surface area (Å²) < 4.78 is 25.9. The first-order chi connectivity index (χ1) is 9.25. The van der Waals surface area contributed by atoms with Crippen LogP contribution in [0, 0.1) is 5.92 Å². The number of hydrogen-bond acceptors (Lipinski definition) is 4. The van der Waals surface area contributed by atoms with Crippen LogP contribution in [0.1, 0.15) is 18.9 Å². The van der Waals surface area contributed by atoms with Gasteiger partial charge in [-0.15, -0.1) is 0 Å². The van der Waals surface area contributed by atoms with Crippen LogP contribution < -0.4 is 0 Å². The Hall–Kier alpha value is -0.950. The summed E-state index contributed by atoms with van der Waals surface area (Å²) in [5.74, 6) is 0.405. The Morgan fingerprint density at radius 2 is 1.85 bits per heavy atom. The van der Waals surface area contributed by atoms with Gasteiger partial charge in [-0.05, 0) is 17.9 Å². The first kappa shape index (κ1) is 17.1. The van der Waals surface area contributed by atoms with Gasteiger partial charge in [0.15, 0.2) is 0 Å². The molecule has 6 heteroatoms. The predicted octanol–water partition coefficient (Wildman–Crippen LogP) is 1.39. The van der Waals surface area contributed by atoms with Crippen LogP contribution in [0.5, 0.6) is 0 Å². The Labute approximate surface area is 121 Å². The average molecular weight is 301 g/mol. The van der Waals surface area contributed by atoms with E-state index in [4.69, 9.17) is 4.55 Å². The molecule has 1 aromatic carbocycles. The molecule has 5 nitrogen and oxygen atoms in total. The number of aliphatic hydroxyl groups is 1. The molecule has 2 N–H and O–H groups in total. The van der Waals surface area contributed by atoms with Crippen molar-refractivity contribution in [2.45, 2.75) is 26.0 Å². The van der Waals surface area contributed by atoms with E-state index in [1.807, 2.05) is 6.07 Å². The number of piperidine rings is 1. The fourth-order valence-corrected chi connectivity index (χ4v) is 2.20. The molecular weight excluding hydrogens is 278 g/mol. The van der Waals surface area contributed by atoms with E-state index in [1.54, 1.807) is 0 Å². The Kier molecular flexibility index (Phi) is 6.61. The molecular formula is C14H23NO4S. The van der Waals surface area contributed by atoms with Gasteiger partial charge in [0, 0.05) is 19.6 Å². The zero-order valence-corrected chi connectivity index (χ0v) is 12.8. The SMILES string of the molecule is CC1CN(Cc2ccccc2)CCC1O.CS(=O)(=O)O. The van der Waals surface area contributed by atoms with Crippen molar-refractivity contribution in [2.24, 2.45) is 5.92 Å². The summed E-state index contributed by atoms with van der Waals surface area (Å²) in [7, 11) is -3.67. The predicted molar refractivity (Wildman–Crippen MR) is 79.0 cm³/mol. The van der Waals surface area contributed by atoms with Gasteiger partial charge in [-0.25, -0.2) is 0 Å². The van der Waals surface area contributed by atoms with Crippen LogP contribution in [0.4, 0.5) is 0 Å². The van der Waals surface area contributed by atoms with Gasteiger partial charge >= 0.3 is 0 Å². The van der Waals surface area contributed by atoms with Gasteiger partial charge in [0.25, 0.3) is 10.1 Å². The third-order valence-electron chi connectivity index (χ3n) is 3.19. The molecule has 0 radical (unpaired) electrons. The van der Waals surface area contributed by atoms with Gasteiger partial charge < -0.3 is 5.11 Å². The minimum absolute atomic E-state index is 0.1000. The molecule has 1 aromatic rings. The maximum atomic E-state index is 9.63. The molecule has 0 aliphatic carbocycles. The van der Waals surface area contributed by atoms with Crippen LogP contribution in [-0.2, 0) is 16.7 Å². The lowest BCUT2D eigenvalue weighted by Crippen LogP contribution is -2.41. The lowest BCUT2D eigenvalue weighted by molar-refractivity contribution is 0.0320. The molecule has 2 atom stereocenters. The summed E-state index contributed by atoms with van der Waals surface area (Å²) in [6.07, 6.45) is 1.53. The second-order valence-electron chi connectivity index (χ2n) is 5.29. The number of nitrogens with zero attached hydrogens (tertiary/aromatic N) is 1. The zero-order valence-electron chi connectivity index (χ0n) is 11.9. The monoisotopic (exact) mass is 301 g/mol. The van der Waals surface area contributed by atoms with Crippen LogP contribution in [0.25, 0.3) is 0 Å². The molecule has 20 heavy (non-hydrogen) atoms. The van der Waals surface area contributed by atoms with Crippen LogP contribution >= 0.6 is 0 Å². The van der Waals surface area contributed by atoms with Crippen LogP contribution in [0.2, 0.25) is 0 Å². The molecule has 0 aromatic heterocycles. The minimum atomic E-state index is -3.67. The van der Waals surface area contributed by atoms with Crippen molar-refractivity contribution in [3.8, 4) is 0 Å². The van der Waals surface area contributed by atoms with Gasteiger partial charge in [-0.2, -0.15) is 8.42 Å². The highest BCUT2D eigenvalue weighted by molar-refractivity contribution is 7.85. The van der Waals surface area contributed by atoms with Crippen LogP contribution in [0.3, 0.4) is 0 Å². The number of aliphatic hydroxyl groups excluding tert-OH is 1. The van der Waals surface area contributed by atoms with Gasteiger partial charge in [0.05, 0.1) is 12.4 Å². The van der Waals surface area contributed by atoms with E-state index in [2.05, 4.69) is 36.1 Å². The fraction of sp³-hybridized carbons (Fsp3) is 0.571. The minimum Gasteiger partial charge on any atom is -0.393 e. The van der Waals surface area contributed by atoms with Crippen molar-refractivity contribution in [2.75, 3.05) is 19.3 Å². The lowest BCUT2D eigenvalue weighted by atomic mass is 9.96. The fourth-order valence-electron chi connectivity index (χ4n) is 2.20. The lowest BCUT2D eigenvalue weighted by Gasteiger charge is -2.34. The molecule has 2 unspecified atom stereocenters. The second kappa shape index (κ2) is 7.73. The highest BCUT2D eigenvalue weighted by atomic mass is 32.2. The quantitative estimate of drug-likeness (QED) is 0.807. The number of hydrogen-bond donors (Lipinski definition) is 2. The molecule has 1 aliphatic rings. The van der Waals surface area contributed by atoms with E-state index in [9.17, 15) is 13.5 Å². The van der Waals surface area contributed by atoms with Crippen molar-refractivity contribution < 1.29 is 18.1 Å². The van der Waals surface area contributed by atoms with Gasteiger partial charge in [0.1, 0.15) is 0 Å². The zero-order chi connectivity index (χ0) is 15.2. The third-order valence-corrected chi connectivity index (χ3v) is 3.19. The van der Waals surface area contributed by atoms with E-state index in [-0.39, 0.29) is 6.10 Å². The standard InChI is InChI=1S/C13H19NO.CH4O3S/c1-11-9-14(8-7-13(11)15)10-12-5-3-2-4-6-12;1-5(2,3)4/h2-6,11,13,15H,7-10H2,1H3;1H3,(H,2,3,4). The summed E-state index contributed by atoms with van der Waals surface area (Å²) in [5.41, 5.74) is 1.36. The second-order valence-corrected chi connectivity index (χ2v) is 6.75. The Morgan fingerprint density at radius 3 is 2.35 bits per heavy atom. The molecule has 1 heterocycles. The average Bonchev–Trinajstić information content (AvgIpc) is 2.33. The van der Waals surface area contributed by atoms with E-state index in [0.29, 0.717) is 12.2 Å². The summed E-state index contributed by atoms with van der Waals surface area (Å²) in [4.78, 5) is 2.42. The molecule has 0 spiro atoms. The number of benzene rings is 1.